The van der Waals surface area contributed by atoms with Crippen LogP contribution < -0.4 is 9.03 Å². The Morgan fingerprint density at radius 2 is 1.88 bits per heavy atom. The first-order valence-corrected chi connectivity index (χ1v) is 6.39. The summed E-state index contributed by atoms with van der Waals surface area (Å²) in [4.78, 5) is 10.6. The highest BCUT2D eigenvalue weighted by atomic mass is 32.2. The van der Waals surface area contributed by atoms with E-state index < -0.39 is 16.2 Å². The summed E-state index contributed by atoms with van der Waals surface area (Å²) in [6.45, 7) is 1.97. The highest BCUT2D eigenvalue weighted by Gasteiger charge is 2.16. The summed E-state index contributed by atoms with van der Waals surface area (Å²) in [6.07, 6.45) is 0. The van der Waals surface area contributed by atoms with Crippen LogP contribution in [0.2, 0.25) is 0 Å². The van der Waals surface area contributed by atoms with Gasteiger partial charge in [0, 0.05) is 13.6 Å². The third kappa shape index (κ3) is 3.18. The third-order valence-electron chi connectivity index (χ3n) is 2.17. The van der Waals surface area contributed by atoms with Crippen LogP contribution >= 0.6 is 0 Å². The Morgan fingerprint density at radius 3 is 2.29 bits per heavy atom. The molecule has 1 aromatic rings. The van der Waals surface area contributed by atoms with E-state index in [9.17, 15) is 13.2 Å². The quantitative estimate of drug-likeness (QED) is 0.813. The normalized spacial score (nSPS) is 11.2. The number of hydrogen-bond donors (Lipinski definition) is 2. The van der Waals surface area contributed by atoms with Crippen molar-refractivity contribution in [1.29, 1.82) is 0 Å². The van der Waals surface area contributed by atoms with Crippen LogP contribution in [-0.2, 0) is 10.2 Å². The number of nitrogens with one attached hydrogen (secondary N) is 1. The van der Waals surface area contributed by atoms with Crippen molar-refractivity contribution >= 4 is 21.9 Å². The molecule has 0 amide bonds. The second kappa shape index (κ2) is 5.15. The maximum Gasteiger partial charge on any atom is 0.335 e. The van der Waals surface area contributed by atoms with E-state index in [0.29, 0.717) is 12.2 Å². The maximum absolute atomic E-state index is 11.6. The molecule has 7 heteroatoms. The number of aromatic carboxylic acids is 1. The number of anilines is 1. The predicted octanol–water partition coefficient (Wildman–Crippen LogP) is 0.675. The zero-order valence-corrected chi connectivity index (χ0v) is 10.4. The highest BCUT2D eigenvalue weighted by Crippen LogP contribution is 2.16. The van der Waals surface area contributed by atoms with Crippen molar-refractivity contribution in [3.05, 3.63) is 29.8 Å². The summed E-state index contributed by atoms with van der Waals surface area (Å²) in [7, 11) is -2.16. The number of rotatable bonds is 5. The van der Waals surface area contributed by atoms with Crippen LogP contribution in [0.5, 0.6) is 0 Å². The van der Waals surface area contributed by atoms with Gasteiger partial charge >= 0.3 is 16.2 Å². The van der Waals surface area contributed by atoms with Crippen molar-refractivity contribution in [1.82, 2.24) is 4.72 Å². The van der Waals surface area contributed by atoms with Crippen molar-refractivity contribution in [2.24, 2.45) is 0 Å². The molecule has 0 atom stereocenters. The molecule has 0 aliphatic heterocycles. The second-order valence-electron chi connectivity index (χ2n) is 3.32. The van der Waals surface area contributed by atoms with Crippen molar-refractivity contribution in [2.75, 3.05) is 17.9 Å². The molecule has 0 unspecified atom stereocenters. The zero-order chi connectivity index (χ0) is 13.1. The smallest absolute Gasteiger partial charge is 0.335 e. The molecule has 0 aliphatic carbocycles. The fourth-order valence-corrected chi connectivity index (χ4v) is 2.19. The Hall–Kier alpha value is -1.60. The van der Waals surface area contributed by atoms with Gasteiger partial charge < -0.3 is 5.11 Å². The summed E-state index contributed by atoms with van der Waals surface area (Å²) in [5.74, 6) is -1.05. The standard InChI is InChI=1S/C10H14N2O4S/c1-3-11-17(15,16)12(2)9-6-4-8(5-7-9)10(13)14/h4-7,11H,3H2,1-2H3,(H,13,14). The third-order valence-corrected chi connectivity index (χ3v) is 3.75. The van der Waals surface area contributed by atoms with Gasteiger partial charge in [-0.2, -0.15) is 13.1 Å². The molecular weight excluding hydrogens is 244 g/mol. The molecule has 1 rings (SSSR count). The van der Waals surface area contributed by atoms with Gasteiger partial charge in [-0.05, 0) is 24.3 Å². The maximum atomic E-state index is 11.6. The Morgan fingerprint density at radius 1 is 1.35 bits per heavy atom. The molecule has 0 fully saturated rings. The van der Waals surface area contributed by atoms with Crippen molar-refractivity contribution in [2.45, 2.75) is 6.92 Å². The molecule has 1 aromatic carbocycles. The summed E-state index contributed by atoms with van der Waals surface area (Å²) in [5, 5.41) is 8.71. The summed E-state index contributed by atoms with van der Waals surface area (Å²) >= 11 is 0. The molecule has 0 bridgehead atoms. The number of carbonyl (C=O) groups is 1. The van der Waals surface area contributed by atoms with E-state index >= 15 is 0 Å². The van der Waals surface area contributed by atoms with E-state index in [1.807, 2.05) is 0 Å². The minimum atomic E-state index is -3.56. The Labute approximate surface area is 100 Å². The number of carboxylic acids is 1. The van der Waals surface area contributed by atoms with Gasteiger partial charge in [-0.1, -0.05) is 6.92 Å². The molecule has 0 radical (unpaired) electrons. The lowest BCUT2D eigenvalue weighted by molar-refractivity contribution is 0.0697. The van der Waals surface area contributed by atoms with E-state index in [1.165, 1.54) is 31.3 Å². The average Bonchev–Trinajstić information content (AvgIpc) is 2.28. The number of hydrogen-bond acceptors (Lipinski definition) is 3. The summed E-state index contributed by atoms with van der Waals surface area (Å²) in [5.41, 5.74) is 0.513. The number of benzene rings is 1. The molecule has 0 aliphatic rings. The van der Waals surface area contributed by atoms with Gasteiger partial charge in [-0.3, -0.25) is 4.31 Å². The van der Waals surface area contributed by atoms with Gasteiger partial charge in [0.05, 0.1) is 11.3 Å². The fourth-order valence-electron chi connectivity index (χ4n) is 1.23. The lowest BCUT2D eigenvalue weighted by Crippen LogP contribution is -2.38. The molecule has 0 spiro atoms. The highest BCUT2D eigenvalue weighted by molar-refractivity contribution is 7.90. The molecule has 2 N–H and O–H groups in total. The number of nitrogens with zero attached hydrogens (tertiary/aromatic N) is 1. The van der Waals surface area contributed by atoms with Crippen LogP contribution in [0, 0.1) is 0 Å². The van der Waals surface area contributed by atoms with Crippen LogP contribution in [-0.4, -0.2) is 33.1 Å². The Kier molecular flexibility index (Phi) is 4.08. The van der Waals surface area contributed by atoms with E-state index in [-0.39, 0.29) is 5.56 Å². The molecule has 0 saturated heterocycles. The SMILES string of the molecule is CCNS(=O)(=O)N(C)c1ccc(C(=O)O)cc1. The Balaban J connectivity index is 2.98. The largest absolute Gasteiger partial charge is 0.478 e. The molecule has 0 saturated carbocycles. The Bertz CT molecular complexity index is 496. The topological polar surface area (TPSA) is 86.7 Å². The molecule has 6 nitrogen and oxygen atoms in total. The fraction of sp³-hybridized carbons (Fsp3) is 0.300. The predicted molar refractivity (Wildman–Crippen MR) is 64.4 cm³/mol. The first-order chi connectivity index (χ1) is 7.88. The zero-order valence-electron chi connectivity index (χ0n) is 9.54. The van der Waals surface area contributed by atoms with Crippen LogP contribution in [0.25, 0.3) is 0 Å². The monoisotopic (exact) mass is 258 g/mol. The van der Waals surface area contributed by atoms with Gasteiger partial charge in [-0.15, -0.1) is 0 Å². The van der Waals surface area contributed by atoms with Gasteiger partial charge in [0.25, 0.3) is 0 Å². The van der Waals surface area contributed by atoms with Crippen molar-refractivity contribution in [3.63, 3.8) is 0 Å². The van der Waals surface area contributed by atoms with Crippen LogP contribution in [0.1, 0.15) is 17.3 Å². The minimum Gasteiger partial charge on any atom is -0.478 e. The molecular formula is C10H14N2O4S. The van der Waals surface area contributed by atoms with Crippen LogP contribution in [0.3, 0.4) is 0 Å². The lowest BCUT2D eigenvalue weighted by Gasteiger charge is -2.19. The molecule has 17 heavy (non-hydrogen) atoms. The van der Waals surface area contributed by atoms with Gasteiger partial charge in [-0.25, -0.2) is 4.79 Å². The molecule has 0 aromatic heterocycles. The van der Waals surface area contributed by atoms with Gasteiger partial charge in [0.2, 0.25) is 0 Å². The average molecular weight is 258 g/mol. The van der Waals surface area contributed by atoms with Gasteiger partial charge in [0.15, 0.2) is 0 Å². The van der Waals surface area contributed by atoms with Crippen molar-refractivity contribution in [3.8, 4) is 0 Å². The van der Waals surface area contributed by atoms with Gasteiger partial charge in [0.1, 0.15) is 0 Å². The minimum absolute atomic E-state index is 0.114. The second-order valence-corrected chi connectivity index (χ2v) is 5.11. The van der Waals surface area contributed by atoms with E-state index in [2.05, 4.69) is 4.72 Å². The molecule has 94 valence electrons. The first-order valence-electron chi connectivity index (χ1n) is 4.95. The molecule has 0 heterocycles. The summed E-state index contributed by atoms with van der Waals surface area (Å²) < 4.78 is 26.7. The number of carboxylic acid groups (broad SMARTS) is 1. The van der Waals surface area contributed by atoms with Crippen LogP contribution in [0.4, 0.5) is 5.69 Å². The first kappa shape index (κ1) is 13.5. The van der Waals surface area contributed by atoms with E-state index in [1.54, 1.807) is 6.92 Å². The summed E-state index contributed by atoms with van der Waals surface area (Å²) in [6, 6.07) is 5.60. The van der Waals surface area contributed by atoms with E-state index in [4.69, 9.17) is 5.11 Å². The van der Waals surface area contributed by atoms with E-state index in [0.717, 1.165) is 4.31 Å². The van der Waals surface area contributed by atoms with Crippen molar-refractivity contribution < 1.29 is 18.3 Å². The van der Waals surface area contributed by atoms with Crippen LogP contribution in [0.15, 0.2) is 24.3 Å². The lowest BCUT2D eigenvalue weighted by atomic mass is 10.2.